The van der Waals surface area contributed by atoms with Crippen LogP contribution in [0.25, 0.3) is 10.2 Å². The molecule has 5 rings (SSSR count). The summed E-state index contributed by atoms with van der Waals surface area (Å²) in [7, 11) is -3.65. The minimum Gasteiger partial charge on any atom is -0.490 e. The number of rotatable bonds is 3. The van der Waals surface area contributed by atoms with Crippen molar-refractivity contribution in [2.24, 2.45) is 0 Å². The molecule has 0 bridgehead atoms. The van der Waals surface area contributed by atoms with E-state index in [4.69, 9.17) is 14.5 Å². The van der Waals surface area contributed by atoms with Gasteiger partial charge in [-0.2, -0.15) is 4.31 Å². The van der Waals surface area contributed by atoms with Crippen molar-refractivity contribution < 1.29 is 17.9 Å². The molecule has 1 atom stereocenters. The van der Waals surface area contributed by atoms with Crippen LogP contribution in [0.2, 0.25) is 0 Å². The third-order valence-electron chi connectivity index (χ3n) is 5.12. The minimum atomic E-state index is -3.65. The number of para-hydroxylation sites is 1. The van der Waals surface area contributed by atoms with E-state index in [0.29, 0.717) is 31.3 Å². The van der Waals surface area contributed by atoms with E-state index in [1.807, 2.05) is 24.3 Å². The molecule has 2 aromatic carbocycles. The molecule has 3 heterocycles. The maximum Gasteiger partial charge on any atom is 0.243 e. The fourth-order valence-electron chi connectivity index (χ4n) is 3.75. The standard InChI is InChI=1S/C20H20N2O4S2/c23-28(24,14-8-9-17-18(13-14)26-12-4-11-25-17)22-10-3-6-16(22)20-21-15-5-1-2-7-19(15)27-20/h1-2,5,7-9,13,16H,3-4,6,10-12H2. The SMILES string of the molecule is O=S(=O)(c1ccc2c(c1)OCCCO2)N1CCCC1c1nc2ccccc2s1. The smallest absolute Gasteiger partial charge is 0.243 e. The van der Waals surface area contributed by atoms with E-state index in [-0.39, 0.29) is 10.9 Å². The molecule has 146 valence electrons. The highest BCUT2D eigenvalue weighted by Crippen LogP contribution is 2.41. The van der Waals surface area contributed by atoms with E-state index in [0.717, 1.165) is 34.5 Å². The molecule has 0 spiro atoms. The molecule has 2 aliphatic heterocycles. The van der Waals surface area contributed by atoms with Crippen LogP contribution in [-0.4, -0.2) is 37.5 Å². The molecule has 28 heavy (non-hydrogen) atoms. The fourth-order valence-corrected chi connectivity index (χ4v) is 6.61. The molecule has 0 saturated carbocycles. The summed E-state index contributed by atoms with van der Waals surface area (Å²) in [4.78, 5) is 4.94. The van der Waals surface area contributed by atoms with Gasteiger partial charge in [0.25, 0.3) is 0 Å². The van der Waals surface area contributed by atoms with Crippen LogP contribution >= 0.6 is 11.3 Å². The summed E-state index contributed by atoms with van der Waals surface area (Å²) in [5.41, 5.74) is 0.919. The molecule has 3 aromatic rings. The maximum absolute atomic E-state index is 13.4. The van der Waals surface area contributed by atoms with Gasteiger partial charge < -0.3 is 9.47 Å². The zero-order chi connectivity index (χ0) is 19.1. The topological polar surface area (TPSA) is 68.7 Å². The predicted octanol–water partition coefficient (Wildman–Crippen LogP) is 3.98. The first-order valence-electron chi connectivity index (χ1n) is 9.40. The third-order valence-corrected chi connectivity index (χ3v) is 8.17. The van der Waals surface area contributed by atoms with Crippen LogP contribution in [0.4, 0.5) is 0 Å². The van der Waals surface area contributed by atoms with Crippen LogP contribution in [0.15, 0.2) is 47.4 Å². The number of fused-ring (bicyclic) bond motifs is 2. The van der Waals surface area contributed by atoms with Gasteiger partial charge in [-0.3, -0.25) is 0 Å². The fraction of sp³-hybridized carbons (Fsp3) is 0.350. The highest BCUT2D eigenvalue weighted by atomic mass is 32.2. The Hall–Kier alpha value is -2.16. The molecule has 0 N–H and O–H groups in total. The summed E-state index contributed by atoms with van der Waals surface area (Å²) in [6, 6.07) is 12.6. The normalized spacial score (nSPS) is 20.4. The van der Waals surface area contributed by atoms with Crippen molar-refractivity contribution >= 4 is 31.6 Å². The van der Waals surface area contributed by atoms with Crippen molar-refractivity contribution in [2.75, 3.05) is 19.8 Å². The summed E-state index contributed by atoms with van der Waals surface area (Å²) in [6.45, 7) is 1.59. The second kappa shape index (κ2) is 7.02. The van der Waals surface area contributed by atoms with Gasteiger partial charge in [-0.15, -0.1) is 11.3 Å². The highest BCUT2D eigenvalue weighted by Gasteiger charge is 2.38. The third kappa shape index (κ3) is 3.05. The molecule has 8 heteroatoms. The molecule has 0 radical (unpaired) electrons. The Morgan fingerprint density at radius 3 is 2.71 bits per heavy atom. The summed E-state index contributed by atoms with van der Waals surface area (Å²) in [6.07, 6.45) is 2.39. The first-order chi connectivity index (χ1) is 13.6. The van der Waals surface area contributed by atoms with Crippen LogP contribution in [0.3, 0.4) is 0 Å². The molecule has 0 amide bonds. The summed E-state index contributed by atoms with van der Waals surface area (Å²) in [5.74, 6) is 1.09. The largest absolute Gasteiger partial charge is 0.490 e. The number of ether oxygens (including phenoxy) is 2. The summed E-state index contributed by atoms with van der Waals surface area (Å²) >= 11 is 1.57. The Morgan fingerprint density at radius 2 is 1.86 bits per heavy atom. The zero-order valence-electron chi connectivity index (χ0n) is 15.2. The van der Waals surface area contributed by atoms with E-state index in [1.165, 1.54) is 0 Å². The van der Waals surface area contributed by atoms with Gasteiger partial charge in [-0.25, -0.2) is 13.4 Å². The Balaban J connectivity index is 1.50. The molecular formula is C20H20N2O4S2. The first-order valence-corrected chi connectivity index (χ1v) is 11.7. The lowest BCUT2D eigenvalue weighted by Crippen LogP contribution is -2.30. The first kappa shape index (κ1) is 17.9. The van der Waals surface area contributed by atoms with Gasteiger partial charge in [0, 0.05) is 19.0 Å². The van der Waals surface area contributed by atoms with Gasteiger partial charge in [0.1, 0.15) is 5.01 Å². The molecule has 1 aromatic heterocycles. The second-order valence-corrected chi connectivity index (χ2v) is 9.91. The average Bonchev–Trinajstić information content (AvgIpc) is 3.29. The van der Waals surface area contributed by atoms with E-state index in [1.54, 1.807) is 33.8 Å². The van der Waals surface area contributed by atoms with Gasteiger partial charge in [0.15, 0.2) is 11.5 Å². The van der Waals surface area contributed by atoms with Gasteiger partial charge >= 0.3 is 0 Å². The molecule has 1 unspecified atom stereocenters. The maximum atomic E-state index is 13.4. The van der Waals surface area contributed by atoms with E-state index < -0.39 is 10.0 Å². The summed E-state index contributed by atoms with van der Waals surface area (Å²) in [5, 5.41) is 0.858. The number of hydrogen-bond acceptors (Lipinski definition) is 6. The van der Waals surface area contributed by atoms with Crippen molar-refractivity contribution in [3.8, 4) is 11.5 Å². The molecule has 1 fully saturated rings. The lowest BCUT2D eigenvalue weighted by Gasteiger charge is -2.23. The number of hydrogen-bond donors (Lipinski definition) is 0. The molecule has 2 aliphatic rings. The van der Waals surface area contributed by atoms with Crippen LogP contribution in [-0.2, 0) is 10.0 Å². The number of thiazole rings is 1. The predicted molar refractivity (Wildman–Crippen MR) is 108 cm³/mol. The zero-order valence-corrected chi connectivity index (χ0v) is 16.8. The second-order valence-electron chi connectivity index (χ2n) is 6.95. The van der Waals surface area contributed by atoms with E-state index in [9.17, 15) is 8.42 Å². The van der Waals surface area contributed by atoms with Gasteiger partial charge in [0.2, 0.25) is 10.0 Å². The van der Waals surface area contributed by atoms with Crippen molar-refractivity contribution in [2.45, 2.75) is 30.2 Å². The Kier molecular flexibility index (Phi) is 4.49. The Bertz CT molecular complexity index is 1090. The number of benzene rings is 2. The number of nitrogens with zero attached hydrogens (tertiary/aromatic N) is 2. The molecule has 0 aliphatic carbocycles. The lowest BCUT2D eigenvalue weighted by molar-refractivity contribution is 0.296. The van der Waals surface area contributed by atoms with Crippen molar-refractivity contribution in [1.29, 1.82) is 0 Å². The molecule has 1 saturated heterocycles. The van der Waals surface area contributed by atoms with Crippen LogP contribution < -0.4 is 9.47 Å². The van der Waals surface area contributed by atoms with Crippen LogP contribution in [0.5, 0.6) is 11.5 Å². The Morgan fingerprint density at radius 1 is 1.04 bits per heavy atom. The highest BCUT2D eigenvalue weighted by molar-refractivity contribution is 7.89. The van der Waals surface area contributed by atoms with Gasteiger partial charge in [-0.05, 0) is 37.1 Å². The van der Waals surface area contributed by atoms with Crippen molar-refractivity contribution in [1.82, 2.24) is 9.29 Å². The summed E-state index contributed by atoms with van der Waals surface area (Å²) < 4.78 is 40.8. The van der Waals surface area contributed by atoms with Gasteiger partial charge in [-0.1, -0.05) is 12.1 Å². The van der Waals surface area contributed by atoms with E-state index in [2.05, 4.69) is 0 Å². The molecule has 6 nitrogen and oxygen atoms in total. The Labute approximate surface area is 167 Å². The number of aromatic nitrogens is 1. The van der Waals surface area contributed by atoms with Crippen LogP contribution in [0, 0.1) is 0 Å². The molecular weight excluding hydrogens is 396 g/mol. The van der Waals surface area contributed by atoms with E-state index >= 15 is 0 Å². The van der Waals surface area contributed by atoms with Gasteiger partial charge in [0.05, 0.1) is 34.4 Å². The lowest BCUT2D eigenvalue weighted by atomic mass is 10.2. The van der Waals surface area contributed by atoms with Crippen molar-refractivity contribution in [3.05, 3.63) is 47.5 Å². The average molecular weight is 417 g/mol. The quantitative estimate of drug-likeness (QED) is 0.646. The van der Waals surface area contributed by atoms with Crippen LogP contribution in [0.1, 0.15) is 30.3 Å². The van der Waals surface area contributed by atoms with Crippen molar-refractivity contribution in [3.63, 3.8) is 0 Å². The monoisotopic (exact) mass is 416 g/mol. The minimum absolute atomic E-state index is 0.224. The number of sulfonamides is 1.